The number of rotatable bonds is 3. The molecule has 0 radical (unpaired) electrons. The number of piperidine rings is 1. The molecule has 1 N–H and O–H groups in total. The molecule has 6 nitrogen and oxygen atoms in total. The summed E-state index contributed by atoms with van der Waals surface area (Å²) in [5, 5.41) is 0.840. The molecule has 2 aromatic carbocycles. The second-order valence-corrected chi connectivity index (χ2v) is 10.4. The van der Waals surface area contributed by atoms with Crippen molar-refractivity contribution in [3.8, 4) is 11.5 Å². The van der Waals surface area contributed by atoms with Gasteiger partial charge in [0.2, 0.25) is 15.4 Å². The highest BCUT2D eigenvalue weighted by molar-refractivity contribution is 7.91. The highest BCUT2D eigenvalue weighted by Crippen LogP contribution is 2.41. The summed E-state index contributed by atoms with van der Waals surface area (Å²) in [6, 6.07) is 10.9. The minimum atomic E-state index is -3.71. The van der Waals surface area contributed by atoms with E-state index in [9.17, 15) is 8.42 Å². The van der Waals surface area contributed by atoms with Crippen LogP contribution in [0.4, 0.5) is 5.69 Å². The molecule has 5 rings (SSSR count). The molecule has 0 spiro atoms. The Labute approximate surface area is 182 Å². The summed E-state index contributed by atoms with van der Waals surface area (Å²) < 4.78 is 38.9. The predicted molar refractivity (Wildman–Crippen MR) is 119 cm³/mol. The zero-order chi connectivity index (χ0) is 21.6. The quantitative estimate of drug-likeness (QED) is 0.621. The molecule has 0 unspecified atom stereocenters. The molecular formula is C24H27N2O4S+. The first-order valence-corrected chi connectivity index (χ1v) is 12.3. The third kappa shape index (κ3) is 3.61. The minimum absolute atomic E-state index is 0.301. The van der Waals surface area contributed by atoms with Crippen LogP contribution in [0.3, 0.4) is 0 Å². The monoisotopic (exact) mass is 439 g/mol. The van der Waals surface area contributed by atoms with Gasteiger partial charge < -0.3 is 14.4 Å². The molecule has 1 saturated heterocycles. The summed E-state index contributed by atoms with van der Waals surface area (Å²) in [7, 11) is -3.71. The Morgan fingerprint density at radius 3 is 2.32 bits per heavy atom. The fraction of sp³-hybridized carbons (Fsp3) is 0.375. The molecule has 31 heavy (non-hydrogen) atoms. The molecule has 3 heterocycles. The number of hydrogen-bond donors (Lipinski definition) is 0. The summed E-state index contributed by atoms with van der Waals surface area (Å²) in [4.78, 5) is 6.02. The largest absolute Gasteiger partial charge is 0.486 e. The van der Waals surface area contributed by atoms with Gasteiger partial charge in [0, 0.05) is 19.2 Å². The molecule has 0 bridgehead atoms. The Kier molecular flexibility index (Phi) is 5.01. The van der Waals surface area contributed by atoms with E-state index < -0.39 is 9.84 Å². The van der Waals surface area contributed by atoms with E-state index in [-0.39, 0.29) is 0 Å². The van der Waals surface area contributed by atoms with Crippen molar-refractivity contribution in [3.05, 3.63) is 48.2 Å². The first-order valence-electron chi connectivity index (χ1n) is 10.8. The van der Waals surface area contributed by atoms with Gasteiger partial charge >= 0.3 is 0 Å². The second kappa shape index (κ2) is 7.71. The lowest BCUT2D eigenvalue weighted by Crippen LogP contribution is -2.34. The lowest BCUT2D eigenvalue weighted by atomic mass is 9.98. The van der Waals surface area contributed by atoms with Crippen LogP contribution >= 0.6 is 0 Å². The van der Waals surface area contributed by atoms with Gasteiger partial charge in [-0.3, -0.25) is 0 Å². The Balaban J connectivity index is 1.73. The number of H-pyrrole nitrogens is 1. The Morgan fingerprint density at radius 2 is 1.65 bits per heavy atom. The van der Waals surface area contributed by atoms with Crippen LogP contribution in [0.2, 0.25) is 0 Å². The maximum absolute atomic E-state index is 13.7. The van der Waals surface area contributed by atoms with E-state index in [1.165, 1.54) is 0 Å². The summed E-state index contributed by atoms with van der Waals surface area (Å²) in [6.45, 7) is 6.84. The van der Waals surface area contributed by atoms with Crippen molar-refractivity contribution < 1.29 is 22.9 Å². The Bertz CT molecular complexity index is 1230. The fourth-order valence-corrected chi connectivity index (χ4v) is 5.81. The number of hydrogen-bond acceptors (Lipinski definition) is 5. The van der Waals surface area contributed by atoms with Gasteiger partial charge in [-0.2, -0.15) is 0 Å². The number of sulfone groups is 1. The van der Waals surface area contributed by atoms with Gasteiger partial charge in [0.15, 0.2) is 22.6 Å². The molecular weight excluding hydrogens is 412 g/mol. The highest BCUT2D eigenvalue weighted by Gasteiger charge is 2.32. The van der Waals surface area contributed by atoms with Crippen LogP contribution in [0.1, 0.15) is 25.3 Å². The molecule has 0 aliphatic carbocycles. The third-order valence-electron chi connectivity index (χ3n) is 6.25. The van der Waals surface area contributed by atoms with Gasteiger partial charge in [-0.1, -0.05) is 24.6 Å². The number of fused-ring (bicyclic) bond motifs is 2. The molecule has 3 aromatic rings. The summed E-state index contributed by atoms with van der Waals surface area (Å²) in [5.41, 5.74) is 2.61. The Morgan fingerprint density at radius 1 is 1.00 bits per heavy atom. The molecule has 7 heteroatoms. The summed E-state index contributed by atoms with van der Waals surface area (Å²) >= 11 is 0. The number of aromatic nitrogens is 1. The molecule has 2 aliphatic heterocycles. The number of pyridine rings is 1. The van der Waals surface area contributed by atoms with Gasteiger partial charge in [-0.25, -0.2) is 13.4 Å². The van der Waals surface area contributed by atoms with Crippen molar-refractivity contribution in [2.45, 2.75) is 36.5 Å². The zero-order valence-corrected chi connectivity index (χ0v) is 18.7. The van der Waals surface area contributed by atoms with Crippen molar-refractivity contribution in [2.24, 2.45) is 5.92 Å². The van der Waals surface area contributed by atoms with E-state index in [1.807, 2.05) is 31.2 Å². The van der Waals surface area contributed by atoms with Gasteiger partial charge in [-0.05, 0) is 37.8 Å². The van der Waals surface area contributed by atoms with Gasteiger partial charge in [0.25, 0.3) is 0 Å². The van der Waals surface area contributed by atoms with Crippen molar-refractivity contribution in [1.82, 2.24) is 0 Å². The molecule has 1 fully saturated rings. The fourth-order valence-electron chi connectivity index (χ4n) is 4.36. The molecule has 2 aliphatic rings. The molecule has 0 amide bonds. The van der Waals surface area contributed by atoms with Crippen LogP contribution in [0, 0.1) is 12.8 Å². The van der Waals surface area contributed by atoms with Crippen LogP contribution in [0.5, 0.6) is 11.5 Å². The summed E-state index contributed by atoms with van der Waals surface area (Å²) in [5.74, 6) is 1.98. The van der Waals surface area contributed by atoms with Crippen LogP contribution in [-0.4, -0.2) is 34.7 Å². The van der Waals surface area contributed by atoms with E-state index in [2.05, 4.69) is 16.8 Å². The van der Waals surface area contributed by atoms with Gasteiger partial charge in [-0.15, -0.1) is 0 Å². The van der Waals surface area contributed by atoms with Gasteiger partial charge in [0.1, 0.15) is 13.2 Å². The first kappa shape index (κ1) is 20.1. The maximum Gasteiger partial charge on any atom is 0.217 e. The Hall–Kier alpha value is -2.80. The third-order valence-corrected chi connectivity index (χ3v) is 8.03. The lowest BCUT2D eigenvalue weighted by Gasteiger charge is -2.33. The smallest absolute Gasteiger partial charge is 0.217 e. The topological polar surface area (TPSA) is 70.0 Å². The van der Waals surface area contributed by atoms with Crippen molar-refractivity contribution in [1.29, 1.82) is 0 Å². The highest BCUT2D eigenvalue weighted by atomic mass is 32.2. The number of nitrogens with one attached hydrogen (secondary N) is 1. The number of aryl methyl sites for hydroxylation is 1. The lowest BCUT2D eigenvalue weighted by molar-refractivity contribution is -0.347. The van der Waals surface area contributed by atoms with Crippen LogP contribution < -0.4 is 19.4 Å². The first-order chi connectivity index (χ1) is 14.9. The van der Waals surface area contributed by atoms with Crippen LogP contribution in [-0.2, 0) is 9.84 Å². The SMILES string of the molecule is Cc1ccc(S(=O)(=O)c2c[nH+]c3cc4c(cc3c2N2CCC(C)CC2)OCCO4)cc1. The normalized spacial score (nSPS) is 17.2. The number of aromatic amines is 1. The average Bonchev–Trinajstić information content (AvgIpc) is 2.78. The van der Waals surface area contributed by atoms with Crippen molar-refractivity contribution >= 4 is 26.4 Å². The van der Waals surface area contributed by atoms with Gasteiger partial charge in [0.05, 0.1) is 22.0 Å². The molecule has 0 atom stereocenters. The molecule has 1 aromatic heterocycles. The van der Waals surface area contributed by atoms with E-state index in [0.717, 1.165) is 48.1 Å². The van der Waals surface area contributed by atoms with Crippen LogP contribution in [0.15, 0.2) is 52.4 Å². The maximum atomic E-state index is 13.7. The van der Waals surface area contributed by atoms with Crippen LogP contribution in [0.25, 0.3) is 10.9 Å². The van der Waals surface area contributed by atoms with Crippen molar-refractivity contribution in [2.75, 3.05) is 31.2 Å². The number of benzene rings is 2. The van der Waals surface area contributed by atoms with E-state index in [0.29, 0.717) is 40.4 Å². The minimum Gasteiger partial charge on any atom is -0.486 e. The average molecular weight is 440 g/mol. The number of nitrogens with zero attached hydrogens (tertiary/aromatic N) is 1. The molecule has 0 saturated carbocycles. The standard InChI is InChI=1S/C24H26N2O4S/c1-16-3-5-18(6-4-16)31(27,28)23-15-25-20-14-22-21(29-11-12-30-22)13-19(20)24(23)26-9-7-17(2)8-10-26/h3-6,13-15,17H,7-12H2,1-2H3/p+1. The predicted octanol–water partition coefficient (Wildman–Crippen LogP) is 3.80. The summed E-state index contributed by atoms with van der Waals surface area (Å²) in [6.07, 6.45) is 3.70. The van der Waals surface area contributed by atoms with Crippen molar-refractivity contribution in [3.63, 3.8) is 0 Å². The van der Waals surface area contributed by atoms with E-state index >= 15 is 0 Å². The second-order valence-electron chi connectivity index (χ2n) is 8.53. The molecule has 162 valence electrons. The number of anilines is 1. The van der Waals surface area contributed by atoms with E-state index in [4.69, 9.17) is 9.47 Å². The number of ether oxygens (including phenoxy) is 2. The zero-order valence-electron chi connectivity index (χ0n) is 17.8. The van der Waals surface area contributed by atoms with E-state index in [1.54, 1.807) is 18.3 Å².